The van der Waals surface area contributed by atoms with Crippen molar-refractivity contribution in [3.63, 3.8) is 0 Å². The Morgan fingerprint density at radius 1 is 1.23 bits per heavy atom. The number of nitrogens with one attached hydrogen (secondary N) is 2. The van der Waals surface area contributed by atoms with Gasteiger partial charge in [-0.3, -0.25) is 24.2 Å². The maximum Gasteiger partial charge on any atom is 0.289 e. The van der Waals surface area contributed by atoms with Crippen LogP contribution in [0.5, 0.6) is 11.5 Å². The van der Waals surface area contributed by atoms with Crippen molar-refractivity contribution in [1.82, 2.24) is 20.5 Å². The van der Waals surface area contributed by atoms with Gasteiger partial charge < -0.3 is 25.0 Å². The van der Waals surface area contributed by atoms with Gasteiger partial charge in [-0.25, -0.2) is 8.78 Å². The zero-order valence-electron chi connectivity index (χ0n) is 21.9. The van der Waals surface area contributed by atoms with Gasteiger partial charge in [-0.1, -0.05) is 17.7 Å². The van der Waals surface area contributed by atoms with Gasteiger partial charge in [0.2, 0.25) is 11.7 Å². The van der Waals surface area contributed by atoms with Crippen molar-refractivity contribution in [3.8, 4) is 23.8 Å². The molecule has 0 radical (unpaired) electrons. The number of terminal acetylenes is 1. The predicted molar refractivity (Wildman–Crippen MR) is 140 cm³/mol. The summed E-state index contributed by atoms with van der Waals surface area (Å²) in [6.45, 7) is 0.0728. The van der Waals surface area contributed by atoms with Crippen molar-refractivity contribution >= 4 is 35.1 Å². The van der Waals surface area contributed by atoms with Gasteiger partial charge in [0.15, 0.2) is 11.5 Å². The van der Waals surface area contributed by atoms with Gasteiger partial charge in [0.25, 0.3) is 17.7 Å². The lowest BCUT2D eigenvalue weighted by molar-refractivity contribution is -0.144. The standard InChI is InChI=1S/C27H27ClF2N4O6/c1-5-6-17-10-18(19(28)13-31-17)24(36)33-15(2)26(38)34-14-27(29,30)11-20(34)23(35)25(37)32-12-16-7-8-21(39-3)22(9-16)40-4/h1,7-10,13,15,20H,6,11-12,14H2,2-4H3,(H,32,37)(H,33,36)/t15-,20-/m0/s1. The zero-order valence-corrected chi connectivity index (χ0v) is 22.7. The van der Waals surface area contributed by atoms with E-state index >= 15 is 0 Å². The Balaban J connectivity index is 1.70. The fourth-order valence-corrected chi connectivity index (χ4v) is 4.33. The number of benzene rings is 1. The van der Waals surface area contributed by atoms with E-state index in [4.69, 9.17) is 27.5 Å². The first-order valence-corrected chi connectivity index (χ1v) is 12.4. The maximum absolute atomic E-state index is 14.4. The van der Waals surface area contributed by atoms with Crippen molar-refractivity contribution in [3.05, 3.63) is 52.3 Å². The van der Waals surface area contributed by atoms with Gasteiger partial charge >= 0.3 is 0 Å². The summed E-state index contributed by atoms with van der Waals surface area (Å²) in [5.41, 5.74) is 0.926. The maximum atomic E-state index is 14.4. The normalized spacial score (nSPS) is 16.4. The van der Waals surface area contributed by atoms with E-state index in [-0.39, 0.29) is 23.6 Å². The zero-order chi connectivity index (χ0) is 29.6. The molecule has 10 nitrogen and oxygen atoms in total. The number of nitrogens with zero attached hydrogens (tertiary/aromatic N) is 2. The second-order valence-corrected chi connectivity index (χ2v) is 9.42. The highest BCUT2D eigenvalue weighted by atomic mass is 35.5. The molecule has 2 heterocycles. The highest BCUT2D eigenvalue weighted by Gasteiger charge is 2.51. The van der Waals surface area contributed by atoms with E-state index in [1.54, 1.807) is 18.2 Å². The number of carbonyl (C=O) groups excluding carboxylic acids is 4. The van der Waals surface area contributed by atoms with Crippen molar-refractivity contribution in [2.75, 3.05) is 20.8 Å². The number of hydrogen-bond acceptors (Lipinski definition) is 7. The van der Waals surface area contributed by atoms with Gasteiger partial charge in [0.05, 0.1) is 43.5 Å². The van der Waals surface area contributed by atoms with E-state index in [0.717, 1.165) is 0 Å². The largest absolute Gasteiger partial charge is 0.493 e. The van der Waals surface area contributed by atoms with Gasteiger partial charge in [-0.2, -0.15) is 0 Å². The molecule has 2 N–H and O–H groups in total. The molecule has 1 fully saturated rings. The molecule has 1 aliphatic heterocycles. The molecule has 40 heavy (non-hydrogen) atoms. The third-order valence-electron chi connectivity index (χ3n) is 6.14. The lowest BCUT2D eigenvalue weighted by Crippen LogP contribution is -2.52. The van der Waals surface area contributed by atoms with Gasteiger partial charge in [0.1, 0.15) is 12.1 Å². The smallest absolute Gasteiger partial charge is 0.289 e. The number of Topliss-reactive ketones (excluding diaryl/α,β-unsaturated/α-hetero) is 1. The van der Waals surface area contributed by atoms with Crippen molar-refractivity contribution in [2.24, 2.45) is 0 Å². The Bertz CT molecular complexity index is 1360. The van der Waals surface area contributed by atoms with Crippen molar-refractivity contribution in [1.29, 1.82) is 0 Å². The summed E-state index contributed by atoms with van der Waals surface area (Å²) < 4.78 is 39.1. The lowest BCUT2D eigenvalue weighted by atomic mass is 10.1. The van der Waals surface area contributed by atoms with Crippen LogP contribution in [-0.2, 0) is 27.3 Å². The second-order valence-electron chi connectivity index (χ2n) is 9.01. The molecule has 2 atom stereocenters. The van der Waals surface area contributed by atoms with Crippen LogP contribution in [0.4, 0.5) is 8.78 Å². The SMILES string of the molecule is C#CCc1cc(C(=O)N[C@@H](C)C(=O)N2CC(F)(F)C[C@H]2C(=O)C(=O)NCc2ccc(OC)c(OC)c2)c(Cl)cn1. The Hall–Kier alpha value is -4.24. The lowest BCUT2D eigenvalue weighted by Gasteiger charge is -2.26. The first-order valence-electron chi connectivity index (χ1n) is 12.0. The summed E-state index contributed by atoms with van der Waals surface area (Å²) in [6.07, 6.45) is 5.59. The Morgan fingerprint density at radius 3 is 2.58 bits per heavy atom. The third kappa shape index (κ3) is 7.04. The summed E-state index contributed by atoms with van der Waals surface area (Å²) in [7, 11) is 2.89. The minimum Gasteiger partial charge on any atom is -0.493 e. The third-order valence-corrected chi connectivity index (χ3v) is 6.44. The number of hydrogen-bond donors (Lipinski definition) is 2. The summed E-state index contributed by atoms with van der Waals surface area (Å²) >= 11 is 6.05. The van der Waals surface area contributed by atoms with Crippen LogP contribution >= 0.6 is 11.6 Å². The van der Waals surface area contributed by atoms with E-state index in [9.17, 15) is 28.0 Å². The molecular formula is C27H27ClF2N4O6. The van der Waals surface area contributed by atoms with Gasteiger partial charge in [-0.15, -0.1) is 12.3 Å². The number of likely N-dealkylation sites (tertiary alicyclic amines) is 1. The molecule has 1 aromatic heterocycles. The number of carbonyl (C=O) groups is 4. The number of alkyl halides is 2. The van der Waals surface area contributed by atoms with E-state index in [0.29, 0.717) is 27.7 Å². The molecular weight excluding hydrogens is 550 g/mol. The minimum atomic E-state index is -3.41. The monoisotopic (exact) mass is 576 g/mol. The molecule has 3 amide bonds. The van der Waals surface area contributed by atoms with Crippen LogP contribution in [0.2, 0.25) is 5.02 Å². The molecule has 2 aromatic rings. The number of rotatable bonds is 10. The average molecular weight is 577 g/mol. The molecule has 0 aliphatic carbocycles. The molecule has 1 saturated heterocycles. The average Bonchev–Trinajstić information content (AvgIpc) is 3.26. The number of aromatic nitrogens is 1. The molecule has 13 heteroatoms. The molecule has 0 unspecified atom stereocenters. The Labute approximate surface area is 234 Å². The summed E-state index contributed by atoms with van der Waals surface area (Å²) in [4.78, 5) is 56.0. The van der Waals surface area contributed by atoms with E-state index < -0.39 is 54.5 Å². The predicted octanol–water partition coefficient (Wildman–Crippen LogP) is 2.17. The number of ketones is 1. The molecule has 1 aromatic carbocycles. The number of amides is 3. The summed E-state index contributed by atoms with van der Waals surface area (Å²) in [6, 6.07) is 3.11. The fraction of sp³-hybridized carbons (Fsp3) is 0.370. The van der Waals surface area contributed by atoms with Crippen LogP contribution in [0.1, 0.15) is 35.0 Å². The van der Waals surface area contributed by atoms with Crippen LogP contribution in [-0.4, -0.2) is 72.2 Å². The highest BCUT2D eigenvalue weighted by Crippen LogP contribution is 2.33. The topological polar surface area (TPSA) is 127 Å². The summed E-state index contributed by atoms with van der Waals surface area (Å²) in [5.74, 6) is -4.27. The second kappa shape index (κ2) is 12.7. The van der Waals surface area contributed by atoms with Crippen LogP contribution in [0.15, 0.2) is 30.5 Å². The quantitative estimate of drug-likeness (QED) is 0.328. The van der Waals surface area contributed by atoms with E-state index in [1.165, 1.54) is 33.4 Å². The molecule has 1 aliphatic rings. The summed E-state index contributed by atoms with van der Waals surface area (Å²) in [5, 5.41) is 4.77. The van der Waals surface area contributed by atoms with E-state index in [2.05, 4.69) is 21.5 Å². The number of methoxy groups -OCH3 is 2. The van der Waals surface area contributed by atoms with Crippen LogP contribution < -0.4 is 20.1 Å². The molecule has 212 valence electrons. The fourth-order valence-electron chi connectivity index (χ4n) is 4.14. The van der Waals surface area contributed by atoms with Crippen molar-refractivity contribution < 1.29 is 37.4 Å². The minimum absolute atomic E-state index is 0.00942. The molecule has 3 rings (SSSR count). The highest BCUT2D eigenvalue weighted by molar-refractivity contribution is 6.38. The first-order chi connectivity index (χ1) is 18.9. The van der Waals surface area contributed by atoms with Gasteiger partial charge in [0, 0.05) is 19.2 Å². The number of halogens is 3. The molecule has 0 spiro atoms. The van der Waals surface area contributed by atoms with Crippen molar-refractivity contribution in [2.45, 2.75) is 44.3 Å². The Morgan fingerprint density at radius 2 is 1.93 bits per heavy atom. The molecule has 0 saturated carbocycles. The van der Waals surface area contributed by atoms with Crippen LogP contribution in [0, 0.1) is 12.3 Å². The van der Waals surface area contributed by atoms with Gasteiger partial charge in [-0.05, 0) is 30.7 Å². The number of pyridine rings is 1. The van der Waals surface area contributed by atoms with E-state index in [1.807, 2.05) is 0 Å². The van der Waals surface area contributed by atoms with Crippen LogP contribution in [0.3, 0.4) is 0 Å². The first kappa shape index (κ1) is 30.3. The Kier molecular flexibility index (Phi) is 9.65. The number of ether oxygens (including phenoxy) is 2. The molecule has 0 bridgehead atoms. The van der Waals surface area contributed by atoms with Crippen LogP contribution in [0.25, 0.3) is 0 Å².